The van der Waals surface area contributed by atoms with Gasteiger partial charge in [0.25, 0.3) is 0 Å². The zero-order valence-corrected chi connectivity index (χ0v) is 18.8. The number of nitrogens with one attached hydrogen (secondary N) is 2. The van der Waals surface area contributed by atoms with Crippen LogP contribution < -0.4 is 16.4 Å². The third-order valence-electron chi connectivity index (χ3n) is 5.45. The maximum atomic E-state index is 14.0. The van der Waals surface area contributed by atoms with E-state index in [9.17, 15) is 14.0 Å². The summed E-state index contributed by atoms with van der Waals surface area (Å²) in [7, 11) is 0. The van der Waals surface area contributed by atoms with Crippen LogP contribution in [0.25, 0.3) is 16.5 Å². The SMILES string of the molecule is CCCCc1cc(NC(=O)Nc2ccccc2F)n(-c2cc(CC(N)=O)c3ccccc3c2)n1. The van der Waals surface area contributed by atoms with Crippen molar-refractivity contribution in [1.29, 1.82) is 0 Å². The number of aromatic nitrogens is 2. The van der Waals surface area contributed by atoms with E-state index in [1.54, 1.807) is 22.9 Å². The number of urea groups is 1. The second kappa shape index (κ2) is 10.2. The van der Waals surface area contributed by atoms with Gasteiger partial charge in [-0.2, -0.15) is 5.10 Å². The first-order valence-corrected chi connectivity index (χ1v) is 11.2. The highest BCUT2D eigenvalue weighted by molar-refractivity contribution is 5.99. The molecule has 7 nitrogen and oxygen atoms in total. The minimum atomic E-state index is -0.591. The Morgan fingerprint density at radius 3 is 2.56 bits per heavy atom. The maximum absolute atomic E-state index is 14.0. The number of primary amides is 1. The Morgan fingerprint density at radius 1 is 1.03 bits per heavy atom. The van der Waals surface area contributed by atoms with Crippen molar-refractivity contribution in [3.63, 3.8) is 0 Å². The van der Waals surface area contributed by atoms with E-state index in [0.717, 1.165) is 41.3 Å². The zero-order valence-electron chi connectivity index (χ0n) is 18.8. The number of nitrogens with zero attached hydrogens (tertiary/aromatic N) is 2. The molecule has 3 amide bonds. The number of aryl methyl sites for hydroxylation is 1. The van der Waals surface area contributed by atoms with E-state index in [-0.39, 0.29) is 12.1 Å². The molecule has 1 aromatic heterocycles. The van der Waals surface area contributed by atoms with E-state index in [4.69, 9.17) is 10.8 Å². The number of hydrogen-bond donors (Lipinski definition) is 3. The van der Waals surface area contributed by atoms with Gasteiger partial charge in [0.1, 0.15) is 11.6 Å². The van der Waals surface area contributed by atoms with Crippen LogP contribution in [-0.2, 0) is 17.6 Å². The third kappa shape index (κ3) is 5.23. The second-order valence-corrected chi connectivity index (χ2v) is 8.06. The monoisotopic (exact) mass is 459 g/mol. The summed E-state index contributed by atoms with van der Waals surface area (Å²) in [6, 6.07) is 18.7. The number of nitrogens with two attached hydrogens (primary N) is 1. The minimum Gasteiger partial charge on any atom is -0.369 e. The van der Waals surface area contributed by atoms with E-state index in [0.29, 0.717) is 11.5 Å². The summed E-state index contributed by atoms with van der Waals surface area (Å²) >= 11 is 0. The van der Waals surface area contributed by atoms with Crippen molar-refractivity contribution in [3.05, 3.63) is 83.8 Å². The number of rotatable bonds is 8. The van der Waals surface area contributed by atoms with E-state index in [1.807, 2.05) is 36.4 Å². The van der Waals surface area contributed by atoms with Crippen molar-refractivity contribution < 1.29 is 14.0 Å². The summed E-state index contributed by atoms with van der Waals surface area (Å²) in [4.78, 5) is 24.4. The first kappa shape index (κ1) is 23.0. The summed E-state index contributed by atoms with van der Waals surface area (Å²) in [5.41, 5.74) is 7.83. The van der Waals surface area contributed by atoms with Gasteiger partial charge in [0.2, 0.25) is 5.91 Å². The first-order valence-electron chi connectivity index (χ1n) is 11.2. The highest BCUT2D eigenvalue weighted by atomic mass is 19.1. The topological polar surface area (TPSA) is 102 Å². The molecule has 174 valence electrons. The molecular weight excluding hydrogens is 433 g/mol. The molecule has 0 aliphatic rings. The number of halogens is 1. The lowest BCUT2D eigenvalue weighted by Gasteiger charge is -2.13. The van der Waals surface area contributed by atoms with Crippen LogP contribution in [0.2, 0.25) is 0 Å². The fraction of sp³-hybridized carbons (Fsp3) is 0.192. The normalized spacial score (nSPS) is 10.9. The lowest BCUT2D eigenvalue weighted by atomic mass is 10.0. The fourth-order valence-corrected chi connectivity index (χ4v) is 3.86. The van der Waals surface area contributed by atoms with Gasteiger partial charge < -0.3 is 11.1 Å². The van der Waals surface area contributed by atoms with Crippen molar-refractivity contribution in [2.45, 2.75) is 32.6 Å². The van der Waals surface area contributed by atoms with Crippen LogP contribution in [0.3, 0.4) is 0 Å². The quantitative estimate of drug-likeness (QED) is 0.338. The molecule has 4 rings (SSSR count). The van der Waals surface area contributed by atoms with E-state index in [2.05, 4.69) is 17.6 Å². The van der Waals surface area contributed by atoms with Crippen LogP contribution in [0.4, 0.5) is 20.7 Å². The van der Waals surface area contributed by atoms with Gasteiger partial charge in [0.15, 0.2) is 0 Å². The summed E-state index contributed by atoms with van der Waals surface area (Å²) in [6.07, 6.45) is 2.77. The molecule has 34 heavy (non-hydrogen) atoms. The average molecular weight is 460 g/mol. The van der Waals surface area contributed by atoms with E-state index < -0.39 is 17.8 Å². The van der Waals surface area contributed by atoms with Crippen LogP contribution >= 0.6 is 0 Å². The molecule has 0 aliphatic carbocycles. The number of para-hydroxylation sites is 1. The van der Waals surface area contributed by atoms with Gasteiger partial charge in [-0.3, -0.25) is 10.1 Å². The highest BCUT2D eigenvalue weighted by Gasteiger charge is 2.16. The molecule has 0 aliphatic heterocycles. The van der Waals surface area contributed by atoms with Crippen molar-refractivity contribution in [2.24, 2.45) is 5.73 Å². The lowest BCUT2D eigenvalue weighted by Crippen LogP contribution is -2.22. The van der Waals surface area contributed by atoms with Gasteiger partial charge in [0, 0.05) is 6.07 Å². The van der Waals surface area contributed by atoms with Gasteiger partial charge in [-0.1, -0.05) is 49.7 Å². The lowest BCUT2D eigenvalue weighted by molar-refractivity contribution is -0.117. The molecule has 0 saturated carbocycles. The molecule has 4 N–H and O–H groups in total. The molecule has 1 heterocycles. The number of carbonyl (C=O) groups is 2. The molecule has 0 atom stereocenters. The van der Waals surface area contributed by atoms with Crippen LogP contribution in [-0.4, -0.2) is 21.7 Å². The van der Waals surface area contributed by atoms with Crippen molar-refractivity contribution in [2.75, 3.05) is 10.6 Å². The smallest absolute Gasteiger partial charge is 0.324 e. The maximum Gasteiger partial charge on any atom is 0.324 e. The van der Waals surface area contributed by atoms with Crippen LogP contribution in [0.5, 0.6) is 0 Å². The Hall–Kier alpha value is -4.20. The number of anilines is 2. The van der Waals surface area contributed by atoms with Crippen molar-refractivity contribution in [1.82, 2.24) is 9.78 Å². The Kier molecular flexibility index (Phi) is 6.87. The van der Waals surface area contributed by atoms with Gasteiger partial charge in [-0.25, -0.2) is 13.9 Å². The highest BCUT2D eigenvalue weighted by Crippen LogP contribution is 2.27. The third-order valence-corrected chi connectivity index (χ3v) is 5.45. The predicted molar refractivity (Wildman–Crippen MR) is 132 cm³/mol. The minimum absolute atomic E-state index is 0.0757. The number of amides is 3. The molecule has 0 spiro atoms. The number of benzene rings is 3. The molecule has 4 aromatic rings. The standard InChI is InChI=1S/C26H26FN5O2/c1-2-3-9-19-16-25(30-26(34)29-23-12-7-6-11-22(23)27)32(31-19)20-13-17-8-4-5-10-21(17)18(14-20)15-24(28)33/h4-8,10-14,16H,2-3,9,15H2,1H3,(H2,28,33)(H2,29,30,34). The first-order chi connectivity index (χ1) is 16.4. The van der Waals surface area contributed by atoms with Crippen molar-refractivity contribution >= 4 is 34.2 Å². The van der Waals surface area contributed by atoms with Crippen LogP contribution in [0.15, 0.2) is 66.7 Å². The zero-order chi connectivity index (χ0) is 24.1. The largest absolute Gasteiger partial charge is 0.369 e. The fourth-order valence-electron chi connectivity index (χ4n) is 3.86. The number of carbonyl (C=O) groups excluding carboxylic acids is 2. The Morgan fingerprint density at radius 2 is 1.79 bits per heavy atom. The summed E-state index contributed by atoms with van der Waals surface area (Å²) in [5.74, 6) is -0.533. The second-order valence-electron chi connectivity index (χ2n) is 8.06. The number of fused-ring (bicyclic) bond motifs is 1. The van der Waals surface area contributed by atoms with Crippen molar-refractivity contribution in [3.8, 4) is 5.69 Å². The summed E-state index contributed by atoms with van der Waals surface area (Å²) in [6.45, 7) is 2.09. The molecule has 8 heteroatoms. The molecule has 0 radical (unpaired) electrons. The predicted octanol–water partition coefficient (Wildman–Crippen LogP) is 5.18. The van der Waals surface area contributed by atoms with Crippen LogP contribution in [0, 0.1) is 5.82 Å². The molecule has 0 unspecified atom stereocenters. The average Bonchev–Trinajstić information content (AvgIpc) is 3.21. The number of unbranched alkanes of at least 4 members (excludes halogenated alkanes) is 1. The van der Waals surface area contributed by atoms with E-state index >= 15 is 0 Å². The van der Waals surface area contributed by atoms with Gasteiger partial charge in [0.05, 0.1) is 23.5 Å². The molecule has 0 saturated heterocycles. The van der Waals surface area contributed by atoms with Gasteiger partial charge >= 0.3 is 6.03 Å². The molecule has 3 aromatic carbocycles. The Labute approximate surface area is 196 Å². The summed E-state index contributed by atoms with van der Waals surface area (Å²) < 4.78 is 15.6. The molecule has 0 bridgehead atoms. The Bertz CT molecular complexity index is 1350. The van der Waals surface area contributed by atoms with Gasteiger partial charge in [-0.15, -0.1) is 0 Å². The molecule has 0 fully saturated rings. The summed E-state index contributed by atoms with van der Waals surface area (Å²) in [5, 5.41) is 11.9. The Balaban J connectivity index is 1.73. The van der Waals surface area contributed by atoms with E-state index in [1.165, 1.54) is 12.1 Å². The van der Waals surface area contributed by atoms with Gasteiger partial charge in [-0.05, 0) is 53.4 Å². The number of hydrogen-bond acceptors (Lipinski definition) is 3. The molecular formula is C26H26FN5O2. The van der Waals surface area contributed by atoms with Crippen LogP contribution in [0.1, 0.15) is 31.0 Å².